The van der Waals surface area contributed by atoms with E-state index in [1.807, 2.05) is 20.8 Å². The average Bonchev–Trinajstić information content (AvgIpc) is 2.75. The summed E-state index contributed by atoms with van der Waals surface area (Å²) in [4.78, 5) is 14.0. The Kier molecular flexibility index (Phi) is 5.72. The van der Waals surface area contributed by atoms with Gasteiger partial charge in [-0.1, -0.05) is 19.3 Å². The van der Waals surface area contributed by atoms with E-state index in [1.165, 1.54) is 25.7 Å². The van der Waals surface area contributed by atoms with Crippen LogP contribution >= 0.6 is 0 Å². The van der Waals surface area contributed by atoms with Gasteiger partial charge in [-0.15, -0.1) is 0 Å². The van der Waals surface area contributed by atoms with Gasteiger partial charge in [0.2, 0.25) is 0 Å². The van der Waals surface area contributed by atoms with Crippen molar-refractivity contribution in [2.45, 2.75) is 77.2 Å². The lowest BCUT2D eigenvalue weighted by atomic mass is 9.81. The quantitative estimate of drug-likeness (QED) is 0.848. The zero-order valence-corrected chi connectivity index (χ0v) is 14.7. The van der Waals surface area contributed by atoms with E-state index < -0.39 is 5.60 Å². The Balaban J connectivity index is 1.84. The molecule has 5 nitrogen and oxygen atoms in total. The lowest BCUT2D eigenvalue weighted by Gasteiger charge is -2.30. The molecule has 3 atom stereocenters. The first-order valence-corrected chi connectivity index (χ1v) is 8.55. The van der Waals surface area contributed by atoms with E-state index in [0.29, 0.717) is 19.1 Å². The minimum Gasteiger partial charge on any atom is -0.444 e. The Hall–Kier alpha value is -0.810. The second-order valence-electron chi connectivity index (χ2n) is 7.87. The predicted octanol–water partition coefficient (Wildman–Crippen LogP) is 2.79. The van der Waals surface area contributed by atoms with Gasteiger partial charge in [-0.3, -0.25) is 0 Å². The molecule has 2 aliphatic rings. The van der Waals surface area contributed by atoms with Gasteiger partial charge in [-0.05, 0) is 40.0 Å². The summed E-state index contributed by atoms with van der Waals surface area (Å²) in [6.07, 6.45) is 5.14. The van der Waals surface area contributed by atoms with Gasteiger partial charge < -0.3 is 19.7 Å². The van der Waals surface area contributed by atoms with E-state index >= 15 is 0 Å². The molecule has 22 heavy (non-hydrogen) atoms. The molecule has 1 aliphatic heterocycles. The van der Waals surface area contributed by atoms with Crippen molar-refractivity contribution < 1.29 is 14.3 Å². The third-order valence-electron chi connectivity index (χ3n) is 4.63. The second-order valence-corrected chi connectivity index (χ2v) is 7.87. The topological polar surface area (TPSA) is 50.8 Å². The highest BCUT2D eigenvalue weighted by Gasteiger charge is 2.38. The van der Waals surface area contributed by atoms with Gasteiger partial charge >= 0.3 is 6.09 Å². The molecule has 1 saturated carbocycles. The standard InChI is InChI=1S/C17H32N2O3/c1-12(9-13-7-6-8-13)18-14-10-19(11-15(14)21-5)16(20)22-17(2,3)4/h12-15,18H,6-11H2,1-5H3/t12?,14?,15-/m0/s1. The number of ether oxygens (including phenoxy) is 2. The molecule has 0 radical (unpaired) electrons. The van der Waals surface area contributed by atoms with Gasteiger partial charge in [-0.2, -0.15) is 0 Å². The largest absolute Gasteiger partial charge is 0.444 e. The van der Waals surface area contributed by atoms with Crippen molar-refractivity contribution in [3.8, 4) is 0 Å². The highest BCUT2D eigenvalue weighted by atomic mass is 16.6. The number of carbonyl (C=O) groups excluding carboxylic acids is 1. The van der Waals surface area contributed by atoms with Crippen LogP contribution in [0.1, 0.15) is 53.4 Å². The first-order valence-electron chi connectivity index (χ1n) is 8.55. The minimum absolute atomic E-state index is 0.0383. The summed E-state index contributed by atoms with van der Waals surface area (Å²) in [6, 6.07) is 0.652. The van der Waals surface area contributed by atoms with Crippen LogP contribution in [0.2, 0.25) is 0 Å². The molecule has 0 aromatic rings. The number of hydrogen-bond donors (Lipinski definition) is 1. The SMILES string of the molecule is CO[C@H]1CN(C(=O)OC(C)(C)C)CC1NC(C)CC1CCC1. The Labute approximate surface area is 134 Å². The molecule has 1 saturated heterocycles. The highest BCUT2D eigenvalue weighted by molar-refractivity contribution is 5.68. The van der Waals surface area contributed by atoms with Gasteiger partial charge in [0, 0.05) is 19.7 Å². The van der Waals surface area contributed by atoms with E-state index in [-0.39, 0.29) is 18.2 Å². The number of carbonyl (C=O) groups is 1. The highest BCUT2D eigenvalue weighted by Crippen LogP contribution is 2.30. The van der Waals surface area contributed by atoms with E-state index in [1.54, 1.807) is 12.0 Å². The molecule has 128 valence electrons. The summed E-state index contributed by atoms with van der Waals surface area (Å²) in [5.74, 6) is 0.881. The summed E-state index contributed by atoms with van der Waals surface area (Å²) in [7, 11) is 1.72. The summed E-state index contributed by atoms with van der Waals surface area (Å²) in [6.45, 7) is 9.17. The predicted molar refractivity (Wildman–Crippen MR) is 86.9 cm³/mol. The summed E-state index contributed by atoms with van der Waals surface area (Å²) in [5.41, 5.74) is -0.456. The zero-order valence-electron chi connectivity index (χ0n) is 14.7. The zero-order chi connectivity index (χ0) is 16.3. The van der Waals surface area contributed by atoms with Crippen LogP contribution in [0.4, 0.5) is 4.79 Å². The lowest BCUT2D eigenvalue weighted by Crippen LogP contribution is -2.46. The molecular formula is C17H32N2O3. The van der Waals surface area contributed by atoms with Gasteiger partial charge in [0.15, 0.2) is 0 Å². The number of nitrogens with one attached hydrogen (secondary N) is 1. The molecule has 0 aromatic carbocycles. The van der Waals surface area contributed by atoms with Crippen molar-refractivity contribution in [2.24, 2.45) is 5.92 Å². The monoisotopic (exact) mass is 312 g/mol. The molecule has 1 heterocycles. The van der Waals surface area contributed by atoms with Crippen LogP contribution in [0.5, 0.6) is 0 Å². The molecule has 0 aromatic heterocycles. The number of rotatable bonds is 5. The molecule has 2 rings (SSSR count). The van der Waals surface area contributed by atoms with Crippen LogP contribution in [0, 0.1) is 5.92 Å². The summed E-state index contributed by atoms with van der Waals surface area (Å²) in [5, 5.41) is 3.65. The van der Waals surface area contributed by atoms with Crippen molar-refractivity contribution in [3.63, 3.8) is 0 Å². The first-order chi connectivity index (χ1) is 10.3. The molecule has 2 fully saturated rings. The summed E-state index contributed by atoms with van der Waals surface area (Å²) < 4.78 is 11.0. The molecule has 1 N–H and O–H groups in total. The molecule has 5 heteroatoms. The third-order valence-corrected chi connectivity index (χ3v) is 4.63. The minimum atomic E-state index is -0.456. The van der Waals surface area contributed by atoms with Crippen molar-refractivity contribution >= 4 is 6.09 Å². The van der Waals surface area contributed by atoms with Crippen molar-refractivity contribution in [1.82, 2.24) is 10.2 Å². The van der Waals surface area contributed by atoms with Crippen molar-refractivity contribution in [2.75, 3.05) is 20.2 Å². The lowest BCUT2D eigenvalue weighted by molar-refractivity contribution is 0.0252. The van der Waals surface area contributed by atoms with Gasteiger partial charge in [0.25, 0.3) is 0 Å². The molecular weight excluding hydrogens is 280 g/mol. The number of likely N-dealkylation sites (tertiary alicyclic amines) is 1. The maximum absolute atomic E-state index is 12.2. The summed E-state index contributed by atoms with van der Waals surface area (Å²) >= 11 is 0. The maximum Gasteiger partial charge on any atom is 0.410 e. The Bertz CT molecular complexity index is 377. The maximum atomic E-state index is 12.2. The van der Waals surface area contributed by atoms with E-state index in [2.05, 4.69) is 12.2 Å². The molecule has 1 amide bonds. The number of amides is 1. The van der Waals surface area contributed by atoms with Crippen LogP contribution in [0.25, 0.3) is 0 Å². The molecule has 0 spiro atoms. The Morgan fingerprint density at radius 1 is 1.32 bits per heavy atom. The van der Waals surface area contributed by atoms with Crippen LogP contribution in [-0.4, -0.2) is 55.0 Å². The van der Waals surface area contributed by atoms with Gasteiger partial charge in [-0.25, -0.2) is 4.79 Å². The second kappa shape index (κ2) is 7.18. The van der Waals surface area contributed by atoms with E-state index in [9.17, 15) is 4.79 Å². The normalized spacial score (nSPS) is 27.6. The van der Waals surface area contributed by atoms with Crippen molar-refractivity contribution in [3.05, 3.63) is 0 Å². The Morgan fingerprint density at radius 3 is 2.50 bits per heavy atom. The van der Waals surface area contributed by atoms with E-state index in [0.717, 1.165) is 5.92 Å². The number of hydrogen-bond acceptors (Lipinski definition) is 4. The van der Waals surface area contributed by atoms with Crippen LogP contribution in [-0.2, 0) is 9.47 Å². The van der Waals surface area contributed by atoms with Crippen LogP contribution in [0.3, 0.4) is 0 Å². The van der Waals surface area contributed by atoms with Gasteiger partial charge in [0.1, 0.15) is 5.60 Å². The Morgan fingerprint density at radius 2 is 2.00 bits per heavy atom. The van der Waals surface area contributed by atoms with Crippen LogP contribution < -0.4 is 5.32 Å². The third kappa shape index (κ3) is 4.85. The fraction of sp³-hybridized carbons (Fsp3) is 0.941. The van der Waals surface area contributed by atoms with Crippen LogP contribution in [0.15, 0.2) is 0 Å². The fourth-order valence-corrected chi connectivity index (χ4v) is 3.31. The number of methoxy groups -OCH3 is 1. The smallest absolute Gasteiger partial charge is 0.410 e. The molecule has 1 aliphatic carbocycles. The van der Waals surface area contributed by atoms with Gasteiger partial charge in [0.05, 0.1) is 18.7 Å². The number of nitrogens with zero attached hydrogens (tertiary/aromatic N) is 1. The fourth-order valence-electron chi connectivity index (χ4n) is 3.31. The molecule has 0 bridgehead atoms. The first kappa shape index (κ1) is 17.5. The van der Waals surface area contributed by atoms with E-state index in [4.69, 9.17) is 9.47 Å². The average molecular weight is 312 g/mol. The van der Waals surface area contributed by atoms with Crippen molar-refractivity contribution in [1.29, 1.82) is 0 Å². The molecule has 2 unspecified atom stereocenters.